The molecule has 4 nitrogen and oxygen atoms in total. The van der Waals surface area contributed by atoms with Crippen LogP contribution in [0.2, 0.25) is 0 Å². The van der Waals surface area contributed by atoms with Crippen LogP contribution in [0.4, 0.5) is 14.5 Å². The van der Waals surface area contributed by atoms with Crippen molar-refractivity contribution >= 4 is 24.0 Å². The van der Waals surface area contributed by atoms with Crippen LogP contribution in [0.25, 0.3) is 0 Å². The first-order valence-electron chi connectivity index (χ1n) is 8.34. The first-order chi connectivity index (χ1) is 12.0. The number of anilines is 1. The lowest BCUT2D eigenvalue weighted by Gasteiger charge is -2.32. The molecule has 0 aromatic heterocycles. The van der Waals surface area contributed by atoms with Crippen molar-refractivity contribution in [3.05, 3.63) is 65.2 Å². The van der Waals surface area contributed by atoms with Gasteiger partial charge in [-0.2, -0.15) is 0 Å². The van der Waals surface area contributed by atoms with E-state index >= 15 is 0 Å². The minimum Gasteiger partial charge on any atom is -0.399 e. The Morgan fingerprint density at radius 1 is 1.08 bits per heavy atom. The summed E-state index contributed by atoms with van der Waals surface area (Å²) in [5, 5.41) is 3.04. The number of nitrogens with one attached hydrogen (secondary N) is 1. The van der Waals surface area contributed by atoms with Crippen LogP contribution in [0.5, 0.6) is 0 Å². The number of hydrogen-bond donors (Lipinski definition) is 2. The van der Waals surface area contributed by atoms with Crippen molar-refractivity contribution < 1.29 is 13.6 Å². The van der Waals surface area contributed by atoms with Gasteiger partial charge in [0.2, 0.25) is 0 Å². The van der Waals surface area contributed by atoms with Gasteiger partial charge in [0, 0.05) is 36.9 Å². The fourth-order valence-corrected chi connectivity index (χ4v) is 3.03. The van der Waals surface area contributed by atoms with E-state index in [1.54, 1.807) is 30.3 Å². The summed E-state index contributed by atoms with van der Waals surface area (Å²) < 4.78 is 26.3. The predicted octanol–water partition coefficient (Wildman–Crippen LogP) is 3.36. The Balaban J connectivity index is 0.00000243. The maximum atomic E-state index is 13.3. The summed E-state index contributed by atoms with van der Waals surface area (Å²) in [5.74, 6) is -1.74. The smallest absolute Gasteiger partial charge is 0.251 e. The highest BCUT2D eigenvalue weighted by atomic mass is 35.5. The van der Waals surface area contributed by atoms with Crippen LogP contribution in [0, 0.1) is 11.6 Å². The summed E-state index contributed by atoms with van der Waals surface area (Å²) in [4.78, 5) is 14.4. The molecular formula is C19H22ClF2N3O. The monoisotopic (exact) mass is 381 g/mol. The van der Waals surface area contributed by atoms with Crippen molar-refractivity contribution in [3.8, 4) is 0 Å². The van der Waals surface area contributed by atoms with Crippen LogP contribution in [0.1, 0.15) is 28.8 Å². The normalized spacial score (nSPS) is 15.3. The minimum absolute atomic E-state index is 0. The summed E-state index contributed by atoms with van der Waals surface area (Å²) in [6.45, 7) is 2.17. The zero-order valence-electron chi connectivity index (χ0n) is 14.3. The van der Waals surface area contributed by atoms with E-state index in [1.165, 1.54) is 6.07 Å². The van der Waals surface area contributed by atoms with Gasteiger partial charge in [0.1, 0.15) is 0 Å². The summed E-state index contributed by atoms with van der Waals surface area (Å²) in [7, 11) is 0. The van der Waals surface area contributed by atoms with Gasteiger partial charge in [-0.3, -0.25) is 9.69 Å². The molecule has 1 aliphatic heterocycles. The van der Waals surface area contributed by atoms with Crippen LogP contribution < -0.4 is 11.1 Å². The van der Waals surface area contributed by atoms with Crippen molar-refractivity contribution in [3.63, 3.8) is 0 Å². The van der Waals surface area contributed by atoms with Gasteiger partial charge in [0.15, 0.2) is 11.6 Å². The van der Waals surface area contributed by atoms with E-state index in [2.05, 4.69) is 10.2 Å². The molecule has 7 heteroatoms. The molecule has 1 aliphatic rings. The van der Waals surface area contributed by atoms with Crippen molar-refractivity contribution in [1.29, 1.82) is 0 Å². The zero-order valence-corrected chi connectivity index (χ0v) is 15.1. The number of benzene rings is 2. The highest BCUT2D eigenvalue weighted by molar-refractivity contribution is 5.94. The van der Waals surface area contributed by atoms with E-state index in [4.69, 9.17) is 5.73 Å². The highest BCUT2D eigenvalue weighted by Gasteiger charge is 2.21. The number of carbonyl (C=O) groups is 1. The van der Waals surface area contributed by atoms with Crippen LogP contribution in [-0.2, 0) is 6.54 Å². The second-order valence-corrected chi connectivity index (χ2v) is 6.39. The molecule has 0 aliphatic carbocycles. The standard InChI is InChI=1S/C19H21F2N3O.ClH/c20-17-6-1-13(11-18(17)21)12-24-9-7-16(8-10-24)23-19(25)14-2-4-15(22)5-3-14;/h1-6,11,16H,7-10,12,22H2,(H,23,25);1H. The predicted molar refractivity (Wildman–Crippen MR) is 100 cm³/mol. The summed E-state index contributed by atoms with van der Waals surface area (Å²) >= 11 is 0. The summed E-state index contributed by atoms with van der Waals surface area (Å²) in [5.41, 5.74) is 7.60. The summed E-state index contributed by atoms with van der Waals surface area (Å²) in [6, 6.07) is 11.0. The largest absolute Gasteiger partial charge is 0.399 e. The molecule has 0 spiro atoms. The lowest BCUT2D eigenvalue weighted by atomic mass is 10.0. The van der Waals surface area contributed by atoms with Crippen molar-refractivity contribution in [1.82, 2.24) is 10.2 Å². The Morgan fingerprint density at radius 3 is 2.35 bits per heavy atom. The van der Waals surface area contributed by atoms with Gasteiger partial charge in [-0.05, 0) is 54.8 Å². The zero-order chi connectivity index (χ0) is 17.8. The SMILES string of the molecule is Cl.Nc1ccc(C(=O)NC2CCN(Cc3ccc(F)c(F)c3)CC2)cc1. The average molecular weight is 382 g/mol. The molecule has 1 fully saturated rings. The number of amides is 1. The van der Waals surface area contributed by atoms with Gasteiger partial charge in [0.05, 0.1) is 0 Å². The molecule has 1 saturated heterocycles. The molecule has 2 aromatic carbocycles. The van der Waals surface area contributed by atoms with Crippen LogP contribution in [0.15, 0.2) is 42.5 Å². The fraction of sp³-hybridized carbons (Fsp3) is 0.316. The maximum absolute atomic E-state index is 13.3. The molecule has 0 unspecified atom stereocenters. The third-order valence-corrected chi connectivity index (χ3v) is 4.49. The molecule has 0 radical (unpaired) electrons. The van der Waals surface area contributed by atoms with E-state index in [-0.39, 0.29) is 24.4 Å². The van der Waals surface area contributed by atoms with Crippen LogP contribution in [0.3, 0.4) is 0 Å². The van der Waals surface area contributed by atoms with Gasteiger partial charge >= 0.3 is 0 Å². The van der Waals surface area contributed by atoms with Crippen molar-refractivity contribution in [2.24, 2.45) is 0 Å². The van der Waals surface area contributed by atoms with Crippen LogP contribution >= 0.6 is 12.4 Å². The number of nitrogen functional groups attached to an aromatic ring is 1. The number of nitrogens with two attached hydrogens (primary N) is 1. The number of carbonyl (C=O) groups excluding carboxylic acids is 1. The van der Waals surface area contributed by atoms with Gasteiger partial charge in [-0.15, -0.1) is 12.4 Å². The fourth-order valence-electron chi connectivity index (χ4n) is 3.03. The topological polar surface area (TPSA) is 58.4 Å². The molecular weight excluding hydrogens is 360 g/mol. The molecule has 2 aromatic rings. The van der Waals surface area contributed by atoms with Gasteiger partial charge in [-0.25, -0.2) is 8.78 Å². The number of rotatable bonds is 4. The Bertz CT molecular complexity index is 747. The van der Waals surface area contributed by atoms with E-state index in [1.807, 2.05) is 0 Å². The molecule has 0 atom stereocenters. The van der Waals surface area contributed by atoms with E-state index in [0.29, 0.717) is 17.8 Å². The molecule has 0 saturated carbocycles. The maximum Gasteiger partial charge on any atom is 0.251 e. The van der Waals surface area contributed by atoms with Gasteiger partial charge in [-0.1, -0.05) is 6.07 Å². The minimum atomic E-state index is -0.826. The second kappa shape index (κ2) is 8.96. The number of halogens is 3. The Morgan fingerprint density at radius 2 is 1.73 bits per heavy atom. The van der Waals surface area contributed by atoms with Crippen molar-refractivity contribution in [2.75, 3.05) is 18.8 Å². The molecule has 140 valence electrons. The number of piperidine rings is 1. The summed E-state index contributed by atoms with van der Waals surface area (Å²) in [6.07, 6.45) is 1.65. The first kappa shape index (κ1) is 20.1. The molecule has 3 rings (SSSR count). The molecule has 1 heterocycles. The van der Waals surface area contributed by atoms with E-state index in [0.717, 1.165) is 37.6 Å². The van der Waals surface area contributed by atoms with Gasteiger partial charge in [0.25, 0.3) is 5.91 Å². The lowest BCUT2D eigenvalue weighted by molar-refractivity contribution is 0.0909. The quantitative estimate of drug-likeness (QED) is 0.798. The Kier molecular flexibility index (Phi) is 6.94. The highest BCUT2D eigenvalue weighted by Crippen LogP contribution is 2.16. The third kappa shape index (κ3) is 5.16. The Hall–Kier alpha value is -2.18. The van der Waals surface area contributed by atoms with E-state index < -0.39 is 11.6 Å². The first-order valence-corrected chi connectivity index (χ1v) is 8.34. The van der Waals surface area contributed by atoms with Crippen LogP contribution in [-0.4, -0.2) is 29.9 Å². The lowest BCUT2D eigenvalue weighted by Crippen LogP contribution is -2.44. The van der Waals surface area contributed by atoms with E-state index in [9.17, 15) is 13.6 Å². The number of likely N-dealkylation sites (tertiary alicyclic amines) is 1. The third-order valence-electron chi connectivity index (χ3n) is 4.49. The molecule has 3 N–H and O–H groups in total. The second-order valence-electron chi connectivity index (χ2n) is 6.39. The molecule has 1 amide bonds. The molecule has 26 heavy (non-hydrogen) atoms. The van der Waals surface area contributed by atoms with Crippen molar-refractivity contribution in [2.45, 2.75) is 25.4 Å². The molecule has 0 bridgehead atoms. The van der Waals surface area contributed by atoms with Gasteiger partial charge < -0.3 is 11.1 Å². The number of nitrogens with zero attached hydrogens (tertiary/aromatic N) is 1. The average Bonchev–Trinajstić information content (AvgIpc) is 2.60. The Labute approximate surface area is 157 Å². The number of hydrogen-bond acceptors (Lipinski definition) is 3.